The quantitative estimate of drug-likeness (QED) is 0.457. The number of fused-ring (bicyclic) bond motifs is 1. The summed E-state index contributed by atoms with van der Waals surface area (Å²) in [6.45, 7) is 3.98. The Kier molecular flexibility index (Phi) is 7.28. The van der Waals surface area contributed by atoms with Crippen LogP contribution >= 0.6 is 11.8 Å². The first-order valence-corrected chi connectivity index (χ1v) is 9.14. The predicted octanol–water partition coefficient (Wildman–Crippen LogP) is 1.70. The van der Waals surface area contributed by atoms with E-state index >= 15 is 0 Å². The number of aryl methyl sites for hydroxylation is 1. The van der Waals surface area contributed by atoms with Crippen molar-refractivity contribution in [2.45, 2.75) is 18.9 Å². The first-order valence-electron chi connectivity index (χ1n) is 8.32. The summed E-state index contributed by atoms with van der Waals surface area (Å²) in [4.78, 5) is 41.7. The van der Waals surface area contributed by atoms with Crippen LogP contribution in [0, 0.1) is 0 Å². The molecule has 1 amide bonds. The summed E-state index contributed by atoms with van der Waals surface area (Å²) in [5.74, 6) is -0.510. The molecule has 1 aliphatic heterocycles. The third-order valence-electron chi connectivity index (χ3n) is 4.05. The molecule has 8 nitrogen and oxygen atoms in total. The van der Waals surface area contributed by atoms with E-state index in [0.717, 1.165) is 10.6 Å². The number of carboxylic acids is 1. The molecular weight excluding hydrogens is 380 g/mol. The summed E-state index contributed by atoms with van der Waals surface area (Å²) < 4.78 is 1.27. The molecule has 3 rings (SSSR count). The second-order valence-corrected chi connectivity index (χ2v) is 6.80. The highest BCUT2D eigenvalue weighted by molar-refractivity contribution is 8.22. The number of primary amides is 1. The number of carbonyl (C=O) groups is 2. The van der Waals surface area contributed by atoms with E-state index in [-0.39, 0.29) is 12.0 Å². The SMILES string of the molecule is C=C(SC(=NC)c1ccccc1)c1cnc2n(c1=O)C(C(=O)O)CC2.NC=O. The molecule has 0 radical (unpaired) electrons. The number of aliphatic carboxylic acids is 1. The van der Waals surface area contributed by atoms with E-state index in [4.69, 9.17) is 4.79 Å². The van der Waals surface area contributed by atoms with Gasteiger partial charge in [-0.15, -0.1) is 0 Å². The van der Waals surface area contributed by atoms with Crippen molar-refractivity contribution in [3.8, 4) is 0 Å². The lowest BCUT2D eigenvalue weighted by atomic mass is 10.2. The zero-order valence-electron chi connectivity index (χ0n) is 15.2. The normalized spacial score (nSPS) is 15.2. The van der Waals surface area contributed by atoms with E-state index in [2.05, 4.69) is 22.3 Å². The Hall–Kier alpha value is -3.20. The number of carbonyl (C=O) groups excluding carboxylic acids is 1. The Balaban J connectivity index is 0.000000878. The van der Waals surface area contributed by atoms with Crippen LogP contribution in [-0.2, 0) is 16.0 Å². The van der Waals surface area contributed by atoms with E-state index in [1.807, 2.05) is 30.3 Å². The molecule has 2 aromatic rings. The number of nitrogens with two attached hydrogens (primary N) is 1. The molecule has 9 heteroatoms. The van der Waals surface area contributed by atoms with E-state index in [0.29, 0.717) is 29.1 Å². The molecule has 146 valence electrons. The van der Waals surface area contributed by atoms with Crippen molar-refractivity contribution in [1.29, 1.82) is 0 Å². The van der Waals surface area contributed by atoms with Gasteiger partial charge in [0.2, 0.25) is 6.41 Å². The molecule has 0 aliphatic carbocycles. The minimum atomic E-state index is -1.02. The molecule has 28 heavy (non-hydrogen) atoms. The molecular formula is C19H20N4O4S. The van der Waals surface area contributed by atoms with Gasteiger partial charge in [0.05, 0.1) is 5.56 Å². The lowest BCUT2D eigenvalue weighted by Gasteiger charge is -2.12. The van der Waals surface area contributed by atoms with Crippen LogP contribution in [0.2, 0.25) is 0 Å². The maximum atomic E-state index is 12.8. The molecule has 0 saturated carbocycles. The number of aliphatic imine (C=N–C) groups is 1. The van der Waals surface area contributed by atoms with E-state index in [1.54, 1.807) is 7.05 Å². The summed E-state index contributed by atoms with van der Waals surface area (Å²) in [5, 5.41) is 10.0. The minimum absolute atomic E-state index is 0.250. The van der Waals surface area contributed by atoms with E-state index < -0.39 is 12.0 Å². The Bertz CT molecular complexity index is 970. The molecule has 1 aliphatic rings. The Labute approximate surface area is 165 Å². The number of hydrogen-bond acceptors (Lipinski definition) is 6. The van der Waals surface area contributed by atoms with Gasteiger partial charge in [0.25, 0.3) is 5.56 Å². The van der Waals surface area contributed by atoms with E-state index in [9.17, 15) is 14.7 Å². The molecule has 0 spiro atoms. The van der Waals surface area contributed by atoms with Gasteiger partial charge in [-0.05, 0) is 6.42 Å². The molecule has 0 bridgehead atoms. The standard InChI is InChI=1S/C18H17N3O3S.CH3NO/c1-11(25-16(19-2)12-6-4-3-5-7-12)13-10-20-15-9-8-14(18(23)24)21(15)17(13)22;2-1-3/h3-7,10,14H,1,8-9H2,2H3,(H,23,24);1H,(H2,2,3). The lowest BCUT2D eigenvalue weighted by molar-refractivity contribution is -0.140. The van der Waals surface area contributed by atoms with Gasteiger partial charge in [-0.25, -0.2) is 9.78 Å². The van der Waals surface area contributed by atoms with Gasteiger partial charge in [0, 0.05) is 30.1 Å². The molecule has 0 saturated heterocycles. The first-order chi connectivity index (χ1) is 13.4. The Morgan fingerprint density at radius 2 is 2.07 bits per heavy atom. The van der Waals surface area contributed by atoms with Crippen molar-refractivity contribution in [3.05, 3.63) is 70.4 Å². The van der Waals surface area contributed by atoms with Crippen LogP contribution in [0.15, 0.2) is 52.9 Å². The monoisotopic (exact) mass is 400 g/mol. The molecule has 3 N–H and O–H groups in total. The van der Waals surface area contributed by atoms with Crippen molar-refractivity contribution in [2.24, 2.45) is 10.7 Å². The number of carboxylic acid groups (broad SMARTS) is 1. The van der Waals surface area contributed by atoms with Crippen LogP contribution in [0.4, 0.5) is 0 Å². The smallest absolute Gasteiger partial charge is 0.326 e. The fourth-order valence-corrected chi connectivity index (χ4v) is 3.64. The van der Waals surface area contributed by atoms with Gasteiger partial charge in [-0.3, -0.25) is 19.1 Å². The molecule has 2 heterocycles. The van der Waals surface area contributed by atoms with Crippen LogP contribution in [0.5, 0.6) is 0 Å². The summed E-state index contributed by atoms with van der Waals surface area (Å²) in [6, 6.07) is 8.73. The predicted molar refractivity (Wildman–Crippen MR) is 109 cm³/mol. The minimum Gasteiger partial charge on any atom is -0.480 e. The summed E-state index contributed by atoms with van der Waals surface area (Å²) in [6.07, 6.45) is 2.59. The number of aromatic nitrogens is 2. The van der Waals surface area contributed by atoms with Crippen molar-refractivity contribution in [1.82, 2.24) is 9.55 Å². The second-order valence-electron chi connectivity index (χ2n) is 5.71. The highest BCUT2D eigenvalue weighted by Gasteiger charge is 2.31. The fraction of sp³-hybridized carbons (Fsp3) is 0.211. The van der Waals surface area contributed by atoms with Gasteiger partial charge in [0.15, 0.2) is 0 Å². The Morgan fingerprint density at radius 1 is 1.43 bits per heavy atom. The van der Waals surface area contributed by atoms with E-state index in [1.165, 1.54) is 22.5 Å². The van der Waals surface area contributed by atoms with Gasteiger partial charge in [-0.1, -0.05) is 48.7 Å². The molecule has 1 atom stereocenters. The Morgan fingerprint density at radius 3 is 2.64 bits per heavy atom. The first kappa shape index (κ1) is 21.1. The number of benzene rings is 1. The fourth-order valence-electron chi connectivity index (χ4n) is 2.82. The van der Waals surface area contributed by atoms with Crippen molar-refractivity contribution >= 4 is 34.1 Å². The maximum Gasteiger partial charge on any atom is 0.326 e. The third-order valence-corrected chi connectivity index (χ3v) is 5.13. The third kappa shape index (κ3) is 4.55. The summed E-state index contributed by atoms with van der Waals surface area (Å²) >= 11 is 1.27. The molecule has 1 aromatic heterocycles. The van der Waals surface area contributed by atoms with Gasteiger partial charge >= 0.3 is 5.97 Å². The van der Waals surface area contributed by atoms with Gasteiger partial charge in [-0.2, -0.15) is 0 Å². The van der Waals surface area contributed by atoms with Crippen molar-refractivity contribution in [2.75, 3.05) is 7.05 Å². The lowest BCUT2D eigenvalue weighted by Crippen LogP contribution is -2.30. The topological polar surface area (TPSA) is 128 Å². The average Bonchev–Trinajstić information content (AvgIpc) is 3.13. The van der Waals surface area contributed by atoms with Gasteiger partial charge in [0.1, 0.15) is 16.9 Å². The van der Waals surface area contributed by atoms with Crippen molar-refractivity contribution < 1.29 is 14.7 Å². The molecule has 1 unspecified atom stereocenters. The average molecular weight is 400 g/mol. The van der Waals surface area contributed by atoms with Gasteiger partial charge < -0.3 is 10.8 Å². The number of amides is 1. The molecule has 0 fully saturated rings. The van der Waals surface area contributed by atoms with Crippen LogP contribution in [-0.4, -0.2) is 39.1 Å². The van der Waals surface area contributed by atoms with Crippen LogP contribution in [0.3, 0.4) is 0 Å². The summed E-state index contributed by atoms with van der Waals surface area (Å²) in [5.41, 5.74) is 5.03. The number of rotatable bonds is 4. The second kappa shape index (κ2) is 9.65. The number of thioether (sulfide) groups is 1. The zero-order valence-corrected chi connectivity index (χ0v) is 16.1. The largest absolute Gasteiger partial charge is 0.480 e. The van der Waals surface area contributed by atoms with Crippen molar-refractivity contribution in [3.63, 3.8) is 0 Å². The van der Waals surface area contributed by atoms with Crippen LogP contribution < -0.4 is 11.3 Å². The summed E-state index contributed by atoms with van der Waals surface area (Å²) in [7, 11) is 1.68. The number of hydrogen-bond donors (Lipinski definition) is 2. The van der Waals surface area contributed by atoms with Crippen LogP contribution in [0.25, 0.3) is 4.91 Å². The zero-order chi connectivity index (χ0) is 20.7. The highest BCUT2D eigenvalue weighted by atomic mass is 32.2. The molecule has 1 aromatic carbocycles. The maximum absolute atomic E-state index is 12.8. The highest BCUT2D eigenvalue weighted by Crippen LogP contribution is 2.29. The van der Waals surface area contributed by atoms with Crippen LogP contribution in [0.1, 0.15) is 29.4 Å². The number of nitrogens with zero attached hydrogens (tertiary/aromatic N) is 3.